The molecule has 0 amide bonds. The maximum absolute atomic E-state index is 13.1. The number of morpholine rings is 1. The Hall–Kier alpha value is -3.45. The molecular weight excluding hydrogens is 381 g/mol. The number of ether oxygens (including phenoxy) is 1. The third kappa shape index (κ3) is 3.71. The molecule has 0 unspecified atom stereocenters. The van der Waals surface area contributed by atoms with Crippen LogP contribution in [0.15, 0.2) is 67.0 Å². The van der Waals surface area contributed by atoms with Gasteiger partial charge in [-0.15, -0.1) is 0 Å². The van der Waals surface area contributed by atoms with E-state index in [2.05, 4.69) is 44.6 Å². The summed E-state index contributed by atoms with van der Waals surface area (Å²) in [6, 6.07) is 16.9. The van der Waals surface area contributed by atoms with Gasteiger partial charge in [0.25, 0.3) is 0 Å². The Bertz CT molecular complexity index is 1130. The largest absolute Gasteiger partial charge is 0.378 e. The van der Waals surface area contributed by atoms with Gasteiger partial charge in [-0.3, -0.25) is 0 Å². The minimum absolute atomic E-state index is 0.235. The molecule has 1 aliphatic heterocycles. The van der Waals surface area contributed by atoms with Crippen molar-refractivity contribution < 1.29 is 9.13 Å². The number of hydrogen-bond acceptors (Lipinski definition) is 5. The smallest absolute Gasteiger partial charge is 0.165 e. The first-order valence-electron chi connectivity index (χ1n) is 10.0. The van der Waals surface area contributed by atoms with Gasteiger partial charge in [-0.2, -0.15) is 9.61 Å². The van der Waals surface area contributed by atoms with Crippen molar-refractivity contribution in [1.29, 1.82) is 0 Å². The fourth-order valence-electron chi connectivity index (χ4n) is 3.70. The van der Waals surface area contributed by atoms with Crippen LogP contribution in [0.2, 0.25) is 0 Å². The van der Waals surface area contributed by atoms with E-state index < -0.39 is 0 Å². The third-order valence-corrected chi connectivity index (χ3v) is 5.34. The zero-order valence-electron chi connectivity index (χ0n) is 16.5. The summed E-state index contributed by atoms with van der Waals surface area (Å²) in [5.74, 6) is 0.599. The molecule has 5 rings (SSSR count). The summed E-state index contributed by atoms with van der Waals surface area (Å²) in [5, 5.41) is 7.90. The van der Waals surface area contributed by atoms with Crippen LogP contribution in [0, 0.1) is 5.82 Å². The number of halogens is 1. The predicted molar refractivity (Wildman–Crippen MR) is 115 cm³/mol. The molecule has 0 atom stereocenters. The van der Waals surface area contributed by atoms with Crippen LogP contribution < -0.4 is 10.2 Å². The summed E-state index contributed by atoms with van der Waals surface area (Å²) >= 11 is 0. The first-order valence-corrected chi connectivity index (χ1v) is 10.0. The fraction of sp³-hybridized carbons (Fsp3) is 0.217. The number of rotatable bonds is 5. The van der Waals surface area contributed by atoms with Crippen LogP contribution in [0.1, 0.15) is 5.56 Å². The van der Waals surface area contributed by atoms with Gasteiger partial charge in [0.1, 0.15) is 11.6 Å². The van der Waals surface area contributed by atoms with E-state index in [-0.39, 0.29) is 5.82 Å². The minimum atomic E-state index is -0.235. The van der Waals surface area contributed by atoms with Crippen LogP contribution in [0.5, 0.6) is 0 Å². The van der Waals surface area contributed by atoms with Crippen LogP contribution in [-0.4, -0.2) is 40.9 Å². The van der Waals surface area contributed by atoms with Gasteiger partial charge in [-0.25, -0.2) is 9.37 Å². The number of nitrogens with one attached hydrogen (secondary N) is 1. The topological polar surface area (TPSA) is 54.7 Å². The third-order valence-electron chi connectivity index (χ3n) is 5.34. The average molecular weight is 403 g/mol. The van der Waals surface area contributed by atoms with Crippen LogP contribution in [-0.2, 0) is 11.3 Å². The van der Waals surface area contributed by atoms with E-state index in [0.717, 1.165) is 54.5 Å². The Balaban J connectivity index is 1.38. The molecule has 0 saturated carbocycles. The Morgan fingerprint density at radius 1 is 0.967 bits per heavy atom. The van der Waals surface area contributed by atoms with Gasteiger partial charge in [-0.05, 0) is 41.5 Å². The van der Waals surface area contributed by atoms with Crippen molar-refractivity contribution in [3.8, 4) is 11.1 Å². The van der Waals surface area contributed by atoms with E-state index >= 15 is 0 Å². The molecule has 3 heterocycles. The molecule has 4 aromatic rings. The highest BCUT2D eigenvalue weighted by Crippen LogP contribution is 2.27. The lowest BCUT2D eigenvalue weighted by atomic mass is 10.1. The summed E-state index contributed by atoms with van der Waals surface area (Å²) in [5.41, 5.74) is 5.04. The molecule has 30 heavy (non-hydrogen) atoms. The second-order valence-electron chi connectivity index (χ2n) is 7.25. The van der Waals surface area contributed by atoms with E-state index in [1.807, 2.05) is 12.3 Å². The van der Waals surface area contributed by atoms with Crippen molar-refractivity contribution in [2.24, 2.45) is 0 Å². The van der Waals surface area contributed by atoms with Crippen molar-refractivity contribution in [3.05, 3.63) is 78.4 Å². The van der Waals surface area contributed by atoms with Gasteiger partial charge in [0.15, 0.2) is 5.65 Å². The zero-order chi connectivity index (χ0) is 20.3. The summed E-state index contributed by atoms with van der Waals surface area (Å²) in [6.07, 6.45) is 3.62. The van der Waals surface area contributed by atoms with Crippen molar-refractivity contribution in [3.63, 3.8) is 0 Å². The summed E-state index contributed by atoms with van der Waals surface area (Å²) in [4.78, 5) is 6.87. The Kier molecular flexibility index (Phi) is 5.03. The Morgan fingerprint density at radius 2 is 1.73 bits per heavy atom. The number of aromatic nitrogens is 3. The highest BCUT2D eigenvalue weighted by atomic mass is 19.1. The van der Waals surface area contributed by atoms with Crippen molar-refractivity contribution in [1.82, 2.24) is 14.6 Å². The Labute approximate surface area is 173 Å². The quantitative estimate of drug-likeness (QED) is 0.546. The molecular formula is C23H22FN5O. The van der Waals surface area contributed by atoms with Gasteiger partial charge in [0.05, 0.1) is 19.4 Å². The lowest BCUT2D eigenvalue weighted by Crippen LogP contribution is -2.36. The molecule has 152 valence electrons. The number of anilines is 2. The molecule has 1 aliphatic rings. The second-order valence-corrected chi connectivity index (χ2v) is 7.25. The summed E-state index contributed by atoms with van der Waals surface area (Å²) < 4.78 is 20.3. The molecule has 7 heteroatoms. The molecule has 0 aliphatic carbocycles. The van der Waals surface area contributed by atoms with E-state index in [1.54, 1.807) is 22.8 Å². The van der Waals surface area contributed by atoms with E-state index in [1.165, 1.54) is 17.8 Å². The Morgan fingerprint density at radius 3 is 2.50 bits per heavy atom. The lowest BCUT2D eigenvalue weighted by molar-refractivity contribution is 0.122. The van der Waals surface area contributed by atoms with Gasteiger partial charge in [0.2, 0.25) is 0 Å². The van der Waals surface area contributed by atoms with Crippen molar-refractivity contribution in [2.45, 2.75) is 6.54 Å². The van der Waals surface area contributed by atoms with Crippen LogP contribution in [0.3, 0.4) is 0 Å². The average Bonchev–Trinajstić information content (AvgIpc) is 3.24. The van der Waals surface area contributed by atoms with E-state index in [4.69, 9.17) is 4.74 Å². The highest BCUT2D eigenvalue weighted by molar-refractivity contribution is 5.78. The first-order chi connectivity index (χ1) is 14.8. The standard InChI is InChI=1S/C23H22FN5O/c24-19-5-1-17(2-6-19)15-26-22-9-10-25-23-21(16-27-29(22)23)18-3-7-20(8-4-18)28-11-13-30-14-12-28/h1-10,16,26H,11-15H2. The zero-order valence-corrected chi connectivity index (χ0v) is 16.5. The molecule has 0 spiro atoms. The molecule has 1 saturated heterocycles. The summed E-state index contributed by atoms with van der Waals surface area (Å²) in [6.45, 7) is 3.95. The number of benzene rings is 2. The lowest BCUT2D eigenvalue weighted by Gasteiger charge is -2.28. The molecule has 6 nitrogen and oxygen atoms in total. The van der Waals surface area contributed by atoms with Crippen molar-refractivity contribution >= 4 is 17.2 Å². The predicted octanol–water partition coefficient (Wildman–Crippen LogP) is 3.98. The van der Waals surface area contributed by atoms with Crippen LogP contribution in [0.25, 0.3) is 16.8 Å². The SMILES string of the molecule is Fc1ccc(CNc2ccnc3c(-c4ccc(N5CCOCC5)cc4)cnn23)cc1. The molecule has 2 aromatic carbocycles. The van der Waals surface area contributed by atoms with Gasteiger partial charge in [0, 0.05) is 37.1 Å². The monoisotopic (exact) mass is 403 g/mol. The minimum Gasteiger partial charge on any atom is -0.378 e. The van der Waals surface area contributed by atoms with Gasteiger partial charge < -0.3 is 15.0 Å². The maximum atomic E-state index is 13.1. The van der Waals surface area contributed by atoms with E-state index in [9.17, 15) is 4.39 Å². The van der Waals surface area contributed by atoms with Crippen LogP contribution >= 0.6 is 0 Å². The fourth-order valence-corrected chi connectivity index (χ4v) is 3.70. The number of nitrogens with zero attached hydrogens (tertiary/aromatic N) is 4. The second kappa shape index (κ2) is 8.12. The number of hydrogen-bond donors (Lipinski definition) is 1. The summed E-state index contributed by atoms with van der Waals surface area (Å²) in [7, 11) is 0. The van der Waals surface area contributed by atoms with Gasteiger partial charge >= 0.3 is 0 Å². The number of fused-ring (bicyclic) bond motifs is 1. The maximum Gasteiger partial charge on any atom is 0.165 e. The molecule has 0 radical (unpaired) electrons. The molecule has 1 fully saturated rings. The first kappa shape index (κ1) is 18.6. The normalized spacial score (nSPS) is 14.2. The van der Waals surface area contributed by atoms with E-state index in [0.29, 0.717) is 6.54 Å². The highest BCUT2D eigenvalue weighted by Gasteiger charge is 2.13. The molecule has 2 aromatic heterocycles. The van der Waals surface area contributed by atoms with Gasteiger partial charge in [-0.1, -0.05) is 24.3 Å². The van der Waals surface area contributed by atoms with Crippen LogP contribution in [0.4, 0.5) is 15.9 Å². The molecule has 0 bridgehead atoms. The van der Waals surface area contributed by atoms with Crippen molar-refractivity contribution in [2.75, 3.05) is 36.5 Å². The molecule has 1 N–H and O–H groups in total.